The maximum absolute atomic E-state index is 12.1. The Labute approximate surface area is 159 Å². The molecule has 0 unspecified atom stereocenters. The van der Waals surface area contributed by atoms with Crippen LogP contribution in [-0.2, 0) is 16.1 Å². The smallest absolute Gasteiger partial charge is 0.338 e. The van der Waals surface area contributed by atoms with Gasteiger partial charge in [-0.15, -0.1) is 11.3 Å². The van der Waals surface area contributed by atoms with Crippen molar-refractivity contribution in [3.63, 3.8) is 0 Å². The number of esters is 1. The van der Waals surface area contributed by atoms with Crippen LogP contribution in [0.1, 0.15) is 15.2 Å². The number of rotatable bonds is 6. The van der Waals surface area contributed by atoms with Gasteiger partial charge in [-0.1, -0.05) is 12.1 Å². The fourth-order valence-electron chi connectivity index (χ4n) is 2.30. The highest BCUT2D eigenvalue weighted by molar-refractivity contribution is 7.09. The van der Waals surface area contributed by atoms with Gasteiger partial charge in [-0.3, -0.25) is 10.1 Å². The molecule has 0 fully saturated rings. The number of carbonyl (C=O) groups is 3. The lowest BCUT2D eigenvalue weighted by molar-refractivity contribution is -0.123. The number of hydrogen-bond acceptors (Lipinski definition) is 5. The largest absolute Gasteiger partial charge is 0.452 e. The van der Waals surface area contributed by atoms with Gasteiger partial charge < -0.3 is 14.6 Å². The van der Waals surface area contributed by atoms with Crippen molar-refractivity contribution in [1.29, 1.82) is 0 Å². The molecule has 138 valence electrons. The van der Waals surface area contributed by atoms with E-state index in [1.807, 2.05) is 52.7 Å². The molecule has 0 saturated heterocycles. The van der Waals surface area contributed by atoms with Crippen molar-refractivity contribution < 1.29 is 19.1 Å². The molecular weight excluding hydrogens is 366 g/mol. The molecule has 0 aliphatic carbocycles. The average Bonchev–Trinajstić information content (AvgIpc) is 3.38. The van der Waals surface area contributed by atoms with E-state index in [0.29, 0.717) is 12.1 Å². The summed E-state index contributed by atoms with van der Waals surface area (Å²) in [6.45, 7) is -0.220. The summed E-state index contributed by atoms with van der Waals surface area (Å²) >= 11 is 1.50. The molecule has 8 heteroatoms. The zero-order chi connectivity index (χ0) is 19.1. The number of amides is 3. The monoisotopic (exact) mass is 383 g/mol. The van der Waals surface area contributed by atoms with Gasteiger partial charge in [-0.2, -0.15) is 0 Å². The average molecular weight is 383 g/mol. The van der Waals surface area contributed by atoms with Crippen molar-refractivity contribution in [3.05, 3.63) is 76.7 Å². The molecule has 0 saturated carbocycles. The number of nitrogens with zero attached hydrogens (tertiary/aromatic N) is 1. The minimum atomic E-state index is -0.700. The van der Waals surface area contributed by atoms with Crippen LogP contribution < -0.4 is 10.6 Å². The molecule has 0 bridgehead atoms. The lowest BCUT2D eigenvalue weighted by atomic mass is 10.2. The third-order valence-corrected chi connectivity index (χ3v) is 4.45. The molecule has 0 aliphatic heterocycles. The summed E-state index contributed by atoms with van der Waals surface area (Å²) in [4.78, 5) is 36.5. The number of ether oxygens (including phenoxy) is 1. The topological polar surface area (TPSA) is 89.4 Å². The van der Waals surface area contributed by atoms with Crippen molar-refractivity contribution in [1.82, 2.24) is 15.2 Å². The van der Waals surface area contributed by atoms with Crippen molar-refractivity contribution >= 4 is 29.2 Å². The zero-order valence-corrected chi connectivity index (χ0v) is 15.1. The first kappa shape index (κ1) is 18.4. The Balaban J connectivity index is 1.46. The van der Waals surface area contributed by atoms with Crippen LogP contribution >= 0.6 is 11.3 Å². The molecule has 2 aromatic heterocycles. The molecule has 0 radical (unpaired) electrons. The summed E-state index contributed by atoms with van der Waals surface area (Å²) in [5.41, 5.74) is 1.11. The standard InChI is InChI=1S/C19H17N3O4S/c23-17(21-19(25)20-12-16-7-4-10-27-16)13-26-18(24)14-5-3-6-15(11-14)22-8-1-2-9-22/h1-11H,12-13H2,(H2,20,21,23,25). The Morgan fingerprint density at radius 1 is 1.04 bits per heavy atom. The predicted octanol–water partition coefficient (Wildman–Crippen LogP) is 2.72. The van der Waals surface area contributed by atoms with Gasteiger partial charge in [0.1, 0.15) is 0 Å². The van der Waals surface area contributed by atoms with Gasteiger partial charge in [0.25, 0.3) is 5.91 Å². The van der Waals surface area contributed by atoms with Crippen molar-refractivity contribution in [2.75, 3.05) is 6.61 Å². The Morgan fingerprint density at radius 3 is 2.59 bits per heavy atom. The summed E-state index contributed by atoms with van der Waals surface area (Å²) in [5, 5.41) is 6.57. The van der Waals surface area contributed by atoms with Crippen LogP contribution in [-0.4, -0.2) is 29.1 Å². The second kappa shape index (κ2) is 8.81. The highest BCUT2D eigenvalue weighted by Gasteiger charge is 2.13. The van der Waals surface area contributed by atoms with E-state index in [1.165, 1.54) is 11.3 Å². The van der Waals surface area contributed by atoms with E-state index in [9.17, 15) is 14.4 Å². The van der Waals surface area contributed by atoms with Crippen LogP contribution in [0.25, 0.3) is 5.69 Å². The quantitative estimate of drug-likeness (QED) is 0.641. The number of benzene rings is 1. The van der Waals surface area contributed by atoms with E-state index in [2.05, 4.69) is 10.6 Å². The second-order valence-corrected chi connectivity index (χ2v) is 6.56. The van der Waals surface area contributed by atoms with E-state index in [-0.39, 0.29) is 0 Å². The summed E-state index contributed by atoms with van der Waals surface area (Å²) in [7, 11) is 0. The van der Waals surface area contributed by atoms with Gasteiger partial charge in [0, 0.05) is 23.0 Å². The Kier molecular flexibility index (Phi) is 6.01. The minimum absolute atomic E-state index is 0.316. The normalized spacial score (nSPS) is 10.2. The number of thiophene rings is 1. The number of hydrogen-bond donors (Lipinski definition) is 2. The molecule has 3 amide bonds. The SMILES string of the molecule is O=C(COC(=O)c1cccc(-n2cccc2)c1)NC(=O)NCc1cccs1. The van der Waals surface area contributed by atoms with Crippen LogP contribution in [0.5, 0.6) is 0 Å². The number of carbonyl (C=O) groups excluding carboxylic acids is 3. The maximum atomic E-state index is 12.1. The zero-order valence-electron chi connectivity index (χ0n) is 14.3. The minimum Gasteiger partial charge on any atom is -0.452 e. The third-order valence-electron chi connectivity index (χ3n) is 3.58. The Morgan fingerprint density at radius 2 is 1.85 bits per heavy atom. The highest BCUT2D eigenvalue weighted by atomic mass is 32.1. The second-order valence-electron chi connectivity index (χ2n) is 5.53. The van der Waals surface area contributed by atoms with Gasteiger partial charge in [0.15, 0.2) is 6.61 Å². The van der Waals surface area contributed by atoms with Gasteiger partial charge in [-0.25, -0.2) is 9.59 Å². The van der Waals surface area contributed by atoms with Crippen LogP contribution in [0, 0.1) is 0 Å². The summed E-state index contributed by atoms with van der Waals surface area (Å²) < 4.78 is 6.82. The fraction of sp³-hybridized carbons (Fsp3) is 0.105. The molecule has 0 atom stereocenters. The van der Waals surface area contributed by atoms with Crippen LogP contribution in [0.4, 0.5) is 4.79 Å². The van der Waals surface area contributed by atoms with E-state index >= 15 is 0 Å². The van der Waals surface area contributed by atoms with Crippen LogP contribution in [0.15, 0.2) is 66.3 Å². The molecule has 3 aromatic rings. The Bertz CT molecular complexity index is 920. The molecule has 7 nitrogen and oxygen atoms in total. The molecule has 2 heterocycles. The van der Waals surface area contributed by atoms with Gasteiger partial charge in [0.2, 0.25) is 0 Å². The molecule has 0 spiro atoms. The highest BCUT2D eigenvalue weighted by Crippen LogP contribution is 2.12. The first-order chi connectivity index (χ1) is 13.1. The van der Waals surface area contributed by atoms with Gasteiger partial charge >= 0.3 is 12.0 Å². The first-order valence-electron chi connectivity index (χ1n) is 8.12. The molecule has 27 heavy (non-hydrogen) atoms. The molecule has 3 rings (SSSR count). The molecular formula is C19H17N3O4S. The summed E-state index contributed by atoms with van der Waals surface area (Å²) in [5.74, 6) is -1.34. The van der Waals surface area contributed by atoms with Crippen molar-refractivity contribution in [2.45, 2.75) is 6.54 Å². The first-order valence-corrected chi connectivity index (χ1v) is 9.00. The number of aromatic nitrogens is 1. The predicted molar refractivity (Wildman–Crippen MR) is 101 cm³/mol. The Hall–Kier alpha value is -3.39. The lowest BCUT2D eigenvalue weighted by Crippen LogP contribution is -2.41. The van der Waals surface area contributed by atoms with E-state index < -0.39 is 24.5 Å². The third kappa shape index (κ3) is 5.29. The van der Waals surface area contributed by atoms with Crippen LogP contribution in [0.3, 0.4) is 0 Å². The van der Waals surface area contributed by atoms with Gasteiger partial charge in [-0.05, 0) is 41.8 Å². The van der Waals surface area contributed by atoms with E-state index in [1.54, 1.807) is 18.2 Å². The summed E-state index contributed by atoms with van der Waals surface area (Å²) in [6.07, 6.45) is 3.71. The number of nitrogens with one attached hydrogen (secondary N) is 2. The van der Waals surface area contributed by atoms with Crippen LogP contribution in [0.2, 0.25) is 0 Å². The van der Waals surface area contributed by atoms with E-state index in [0.717, 1.165) is 10.6 Å². The van der Waals surface area contributed by atoms with Gasteiger partial charge in [0.05, 0.1) is 12.1 Å². The maximum Gasteiger partial charge on any atom is 0.338 e. The van der Waals surface area contributed by atoms with Crippen molar-refractivity contribution in [3.8, 4) is 5.69 Å². The summed E-state index contributed by atoms with van der Waals surface area (Å²) in [6, 6.07) is 13.7. The lowest BCUT2D eigenvalue weighted by Gasteiger charge is -2.08. The van der Waals surface area contributed by atoms with E-state index in [4.69, 9.17) is 4.74 Å². The molecule has 1 aromatic carbocycles. The number of urea groups is 1. The molecule has 2 N–H and O–H groups in total. The fourth-order valence-corrected chi connectivity index (χ4v) is 2.95. The van der Waals surface area contributed by atoms with Crippen molar-refractivity contribution in [2.24, 2.45) is 0 Å². The number of imide groups is 1. The molecule has 0 aliphatic rings.